The van der Waals surface area contributed by atoms with Gasteiger partial charge in [-0.05, 0) is 117 Å². The normalized spacial score (nSPS) is 15.5. The molecule has 0 radical (unpaired) electrons. The van der Waals surface area contributed by atoms with E-state index in [4.69, 9.17) is 0 Å². The van der Waals surface area contributed by atoms with Gasteiger partial charge in [0, 0.05) is 24.5 Å². The van der Waals surface area contributed by atoms with Crippen LogP contribution in [0.2, 0.25) is 0 Å². The molecule has 0 spiro atoms. The fraction of sp³-hybridized carbons (Fsp3) is 0.588. The van der Waals surface area contributed by atoms with Gasteiger partial charge in [0.2, 0.25) is 5.91 Å². The summed E-state index contributed by atoms with van der Waals surface area (Å²) in [5, 5.41) is 9.33. The van der Waals surface area contributed by atoms with Crippen molar-refractivity contribution in [3.63, 3.8) is 0 Å². The van der Waals surface area contributed by atoms with Crippen LogP contribution < -0.4 is 0 Å². The zero-order valence-electron chi connectivity index (χ0n) is 25.5. The molecule has 1 aromatic carbocycles. The number of likely N-dealkylation sites (tertiary alicyclic amines) is 1. The summed E-state index contributed by atoms with van der Waals surface area (Å²) in [4.78, 5) is 21.5. The van der Waals surface area contributed by atoms with Crippen molar-refractivity contribution in [2.24, 2.45) is 5.92 Å². The molecule has 214 valence electrons. The van der Waals surface area contributed by atoms with Gasteiger partial charge in [-0.2, -0.15) is 0 Å². The minimum atomic E-state index is 0.0245. The lowest BCUT2D eigenvalue weighted by molar-refractivity contribution is -0.133. The minimum Gasteiger partial charge on any atom is -0.395 e. The van der Waals surface area contributed by atoms with Crippen LogP contribution in [0.15, 0.2) is 30.3 Å². The first-order chi connectivity index (χ1) is 18.7. The third kappa shape index (κ3) is 8.25. The quantitative estimate of drug-likeness (QED) is 0.327. The summed E-state index contributed by atoms with van der Waals surface area (Å²) >= 11 is 0. The van der Waals surface area contributed by atoms with Crippen LogP contribution in [0.1, 0.15) is 99.4 Å². The highest BCUT2D eigenvalue weighted by Gasteiger charge is 2.25. The highest BCUT2D eigenvalue weighted by molar-refractivity contribution is 5.92. The Hall–Kier alpha value is -2.50. The predicted molar refractivity (Wildman–Crippen MR) is 164 cm³/mol. The maximum atomic E-state index is 12.8. The number of aryl methyl sites for hydroxylation is 3. The van der Waals surface area contributed by atoms with Gasteiger partial charge in [-0.25, -0.2) is 0 Å². The highest BCUT2D eigenvalue weighted by Crippen LogP contribution is 2.39. The van der Waals surface area contributed by atoms with E-state index in [0.717, 1.165) is 56.6 Å². The fourth-order valence-electron chi connectivity index (χ4n) is 6.17. The van der Waals surface area contributed by atoms with Crippen molar-refractivity contribution in [1.29, 1.82) is 0 Å². The number of aliphatic hydroxyl groups is 1. The van der Waals surface area contributed by atoms with E-state index in [1.807, 2.05) is 0 Å². The maximum absolute atomic E-state index is 12.8. The largest absolute Gasteiger partial charge is 0.395 e. The first-order valence-electron chi connectivity index (χ1n) is 15.1. The molecule has 1 N–H and O–H groups in total. The third-order valence-corrected chi connectivity index (χ3v) is 8.02. The van der Waals surface area contributed by atoms with Crippen molar-refractivity contribution < 1.29 is 9.90 Å². The zero-order chi connectivity index (χ0) is 28.5. The van der Waals surface area contributed by atoms with E-state index in [0.29, 0.717) is 31.5 Å². The molecule has 1 fully saturated rings. The Labute approximate surface area is 237 Å². The number of amides is 1. The molecular formula is C34H51N3O2. The molecule has 2 heterocycles. The van der Waals surface area contributed by atoms with Crippen LogP contribution in [-0.4, -0.2) is 65.1 Å². The number of pyridine rings is 1. The van der Waals surface area contributed by atoms with Gasteiger partial charge in [-0.3, -0.25) is 14.7 Å². The second-order valence-electron chi connectivity index (χ2n) is 11.7. The lowest BCUT2D eigenvalue weighted by Gasteiger charge is -2.33. The monoisotopic (exact) mass is 533 g/mol. The summed E-state index contributed by atoms with van der Waals surface area (Å²) in [6, 6.07) is 11.6. The number of allylic oxidation sites excluding steroid dienone is 2. The minimum absolute atomic E-state index is 0.0245. The SMILES string of the molecule is CCC/C(=C(\c1cc(C2CCN(CC(=O)N(CCC)CCO)CC2)ccc1C)C(C)C)c1cc(C)nc(C)c1. The van der Waals surface area contributed by atoms with Gasteiger partial charge in [-0.1, -0.05) is 52.3 Å². The number of piperidine rings is 1. The van der Waals surface area contributed by atoms with E-state index in [-0.39, 0.29) is 12.5 Å². The molecule has 0 unspecified atom stereocenters. The van der Waals surface area contributed by atoms with Crippen molar-refractivity contribution in [1.82, 2.24) is 14.8 Å². The van der Waals surface area contributed by atoms with E-state index in [1.54, 1.807) is 4.90 Å². The third-order valence-electron chi connectivity index (χ3n) is 8.02. The summed E-state index contributed by atoms with van der Waals surface area (Å²) in [6.07, 6.45) is 5.20. The number of hydrogen-bond donors (Lipinski definition) is 1. The maximum Gasteiger partial charge on any atom is 0.236 e. The summed E-state index contributed by atoms with van der Waals surface area (Å²) < 4.78 is 0. The summed E-state index contributed by atoms with van der Waals surface area (Å²) in [5.41, 5.74) is 10.5. The molecule has 1 aliphatic rings. The van der Waals surface area contributed by atoms with Crippen LogP contribution in [0.5, 0.6) is 0 Å². The molecule has 1 saturated heterocycles. The molecule has 0 bridgehead atoms. The Morgan fingerprint density at radius 1 is 1.03 bits per heavy atom. The van der Waals surface area contributed by atoms with E-state index in [1.165, 1.54) is 33.4 Å². The Bertz CT molecular complexity index is 1100. The summed E-state index contributed by atoms with van der Waals surface area (Å²) in [6.45, 7) is 18.9. The molecule has 5 nitrogen and oxygen atoms in total. The smallest absolute Gasteiger partial charge is 0.236 e. The number of carbonyl (C=O) groups is 1. The number of nitrogens with zero attached hydrogens (tertiary/aromatic N) is 3. The van der Waals surface area contributed by atoms with Crippen molar-refractivity contribution in [2.45, 2.75) is 86.5 Å². The van der Waals surface area contributed by atoms with E-state index >= 15 is 0 Å². The fourth-order valence-corrected chi connectivity index (χ4v) is 6.17. The lowest BCUT2D eigenvalue weighted by atomic mass is 9.81. The number of aliphatic hydroxyl groups excluding tert-OH is 1. The Morgan fingerprint density at radius 2 is 1.69 bits per heavy atom. The van der Waals surface area contributed by atoms with Gasteiger partial charge in [0.15, 0.2) is 0 Å². The van der Waals surface area contributed by atoms with Gasteiger partial charge >= 0.3 is 0 Å². The first kappa shape index (κ1) is 31.0. The van der Waals surface area contributed by atoms with Crippen LogP contribution in [0.3, 0.4) is 0 Å². The van der Waals surface area contributed by atoms with E-state index in [9.17, 15) is 9.90 Å². The lowest BCUT2D eigenvalue weighted by Crippen LogP contribution is -2.44. The Morgan fingerprint density at radius 3 is 2.26 bits per heavy atom. The first-order valence-corrected chi connectivity index (χ1v) is 15.1. The number of rotatable bonds is 12. The zero-order valence-corrected chi connectivity index (χ0v) is 25.5. The molecule has 0 saturated carbocycles. The van der Waals surface area contributed by atoms with E-state index < -0.39 is 0 Å². The van der Waals surface area contributed by atoms with Gasteiger partial charge in [0.1, 0.15) is 0 Å². The predicted octanol–water partition coefficient (Wildman–Crippen LogP) is 6.78. The van der Waals surface area contributed by atoms with Crippen LogP contribution in [-0.2, 0) is 4.79 Å². The molecular weight excluding hydrogens is 482 g/mol. The molecule has 1 aromatic heterocycles. The van der Waals surface area contributed by atoms with Crippen molar-refractivity contribution in [3.05, 3.63) is 64.0 Å². The summed E-state index contributed by atoms with van der Waals surface area (Å²) in [7, 11) is 0. The Balaban J connectivity index is 1.86. The van der Waals surface area contributed by atoms with Crippen LogP contribution in [0.4, 0.5) is 0 Å². The second kappa shape index (κ2) is 14.8. The number of benzene rings is 1. The molecule has 0 atom stereocenters. The van der Waals surface area contributed by atoms with Crippen molar-refractivity contribution >= 4 is 17.1 Å². The molecule has 3 rings (SSSR count). The summed E-state index contributed by atoms with van der Waals surface area (Å²) in [5.74, 6) is 1.05. The number of hydrogen-bond acceptors (Lipinski definition) is 4. The number of carbonyl (C=O) groups excluding carboxylic acids is 1. The average Bonchev–Trinajstić information content (AvgIpc) is 2.89. The molecule has 1 aliphatic heterocycles. The van der Waals surface area contributed by atoms with E-state index in [2.05, 4.69) is 88.7 Å². The van der Waals surface area contributed by atoms with Crippen LogP contribution in [0, 0.1) is 26.7 Å². The van der Waals surface area contributed by atoms with Crippen LogP contribution in [0.25, 0.3) is 11.1 Å². The molecule has 2 aromatic rings. The molecule has 39 heavy (non-hydrogen) atoms. The molecule has 1 amide bonds. The Kier molecular flexibility index (Phi) is 11.7. The van der Waals surface area contributed by atoms with Crippen LogP contribution >= 0.6 is 0 Å². The second-order valence-corrected chi connectivity index (χ2v) is 11.7. The van der Waals surface area contributed by atoms with Gasteiger partial charge in [0.05, 0.1) is 13.2 Å². The highest BCUT2D eigenvalue weighted by atomic mass is 16.3. The van der Waals surface area contributed by atoms with Crippen molar-refractivity contribution in [3.8, 4) is 0 Å². The molecule has 5 heteroatoms. The van der Waals surface area contributed by atoms with Gasteiger partial charge in [-0.15, -0.1) is 0 Å². The average molecular weight is 534 g/mol. The molecule has 0 aliphatic carbocycles. The van der Waals surface area contributed by atoms with Crippen molar-refractivity contribution in [2.75, 3.05) is 39.3 Å². The standard InChI is InChI=1S/C34H51N3O2/c1-8-10-31(30-20-26(6)35-27(7)21-30)34(24(3)4)32-22-29(12-11-25(32)5)28-13-16-36(17-14-28)23-33(39)37(15-9-2)18-19-38/h11-12,20-22,24,28,38H,8-10,13-19,23H2,1-7H3/b34-31+. The van der Waals surface area contributed by atoms with Gasteiger partial charge in [0.25, 0.3) is 0 Å². The topological polar surface area (TPSA) is 56.7 Å². The number of aromatic nitrogens is 1. The van der Waals surface area contributed by atoms with Gasteiger partial charge < -0.3 is 10.0 Å².